The van der Waals surface area contributed by atoms with Gasteiger partial charge in [-0.15, -0.1) is 0 Å². The molecule has 1 aromatic rings. The lowest BCUT2D eigenvalue weighted by atomic mass is 10.1. The Morgan fingerprint density at radius 2 is 1.93 bits per heavy atom. The molecule has 1 saturated heterocycles. The quantitative estimate of drug-likeness (QED) is 0.813. The van der Waals surface area contributed by atoms with Crippen LogP contribution >= 0.6 is 0 Å². The van der Waals surface area contributed by atoms with Crippen molar-refractivity contribution < 1.29 is 19.1 Å². The topological polar surface area (TPSA) is 59.1 Å². The van der Waals surface area contributed by atoms with Gasteiger partial charge in [-0.2, -0.15) is 0 Å². The van der Waals surface area contributed by atoms with Gasteiger partial charge in [-0.05, 0) is 39.7 Å². The molecular weight excluding hydrogens is 344 g/mol. The third-order valence-electron chi connectivity index (χ3n) is 4.79. The van der Waals surface area contributed by atoms with E-state index in [1.54, 1.807) is 11.0 Å². The van der Waals surface area contributed by atoms with Gasteiger partial charge in [0.1, 0.15) is 18.0 Å². The lowest BCUT2D eigenvalue weighted by molar-refractivity contribution is -0.128. The molecule has 0 saturated carbocycles. The molecule has 27 heavy (non-hydrogen) atoms. The summed E-state index contributed by atoms with van der Waals surface area (Å²) in [6.07, 6.45) is 1.99. The third-order valence-corrected chi connectivity index (χ3v) is 4.79. The Morgan fingerprint density at radius 3 is 2.59 bits per heavy atom. The molecule has 2 atom stereocenters. The van der Waals surface area contributed by atoms with E-state index in [4.69, 9.17) is 9.47 Å². The molecule has 146 valence electrons. The first-order valence-electron chi connectivity index (χ1n) is 9.43. The number of benzene rings is 1. The van der Waals surface area contributed by atoms with Crippen LogP contribution in [0.2, 0.25) is 0 Å². The van der Waals surface area contributed by atoms with E-state index in [9.17, 15) is 9.59 Å². The zero-order valence-corrected chi connectivity index (χ0v) is 16.5. The normalized spacial score (nSPS) is 22.8. The van der Waals surface area contributed by atoms with Crippen molar-refractivity contribution in [2.45, 2.75) is 58.4 Å². The molecule has 0 bridgehead atoms. The smallest absolute Gasteiger partial charge is 0.410 e. The average Bonchev–Trinajstić information content (AvgIpc) is 3.17. The fraction of sp³-hybridized carbons (Fsp3) is 0.524. The van der Waals surface area contributed by atoms with Crippen molar-refractivity contribution in [1.29, 1.82) is 0 Å². The Hall–Kier alpha value is -2.50. The van der Waals surface area contributed by atoms with Crippen molar-refractivity contribution in [3.05, 3.63) is 47.7 Å². The van der Waals surface area contributed by atoms with E-state index >= 15 is 0 Å². The Labute approximate surface area is 160 Å². The van der Waals surface area contributed by atoms with Crippen LogP contribution in [0.25, 0.3) is 0 Å². The molecular formula is C21H28N2O4. The van der Waals surface area contributed by atoms with E-state index in [1.165, 1.54) is 0 Å². The highest BCUT2D eigenvalue weighted by molar-refractivity contribution is 5.91. The second kappa shape index (κ2) is 7.62. The highest BCUT2D eigenvalue weighted by atomic mass is 16.6. The molecule has 2 heterocycles. The molecule has 2 aliphatic heterocycles. The number of ether oxygens (including phenoxy) is 2. The minimum Gasteiger partial charge on any atom is -0.490 e. The van der Waals surface area contributed by atoms with Crippen LogP contribution in [-0.2, 0) is 20.9 Å². The third kappa shape index (κ3) is 4.62. The minimum atomic E-state index is -0.348. The van der Waals surface area contributed by atoms with Crippen LogP contribution < -0.4 is 0 Å². The van der Waals surface area contributed by atoms with E-state index in [0.717, 1.165) is 12.0 Å². The largest absolute Gasteiger partial charge is 0.490 e. The number of amides is 2. The molecule has 1 fully saturated rings. The number of carbonyl (C=O) groups excluding carboxylic acids is 2. The van der Waals surface area contributed by atoms with E-state index in [0.29, 0.717) is 18.8 Å². The highest BCUT2D eigenvalue weighted by Gasteiger charge is 2.41. The van der Waals surface area contributed by atoms with Gasteiger partial charge in [-0.1, -0.05) is 30.3 Å². The van der Waals surface area contributed by atoms with Crippen molar-refractivity contribution in [1.82, 2.24) is 9.80 Å². The van der Waals surface area contributed by atoms with E-state index in [1.807, 2.05) is 62.9 Å². The summed E-state index contributed by atoms with van der Waals surface area (Å²) >= 11 is 0. The van der Waals surface area contributed by atoms with Crippen LogP contribution in [0.1, 0.15) is 39.7 Å². The standard InChI is InChI=1S/C21H28N2O4/c1-15-18(27-21(2,3)4)12-19(24)23(15)17-10-11-22(13-17)20(25)26-14-16-8-6-5-7-9-16/h5-9,12,15,17H,10-11,13-14H2,1-4H3/t15-,17-/m0/s1. The van der Waals surface area contributed by atoms with Crippen LogP contribution in [-0.4, -0.2) is 52.6 Å². The summed E-state index contributed by atoms with van der Waals surface area (Å²) in [6.45, 7) is 9.20. The SMILES string of the molecule is C[C@H]1C(OC(C)(C)C)=CC(=O)N1[C@H]1CCN(C(=O)OCc2ccccc2)C1. The molecule has 0 aliphatic carbocycles. The first kappa shape index (κ1) is 19.3. The Kier molecular flexibility index (Phi) is 5.44. The first-order valence-corrected chi connectivity index (χ1v) is 9.43. The minimum absolute atomic E-state index is 0.0194. The summed E-state index contributed by atoms with van der Waals surface area (Å²) in [5.74, 6) is 0.642. The predicted molar refractivity (Wildman–Crippen MR) is 102 cm³/mol. The van der Waals surface area contributed by atoms with Crippen molar-refractivity contribution >= 4 is 12.0 Å². The van der Waals surface area contributed by atoms with Gasteiger partial charge in [0, 0.05) is 19.2 Å². The van der Waals surface area contributed by atoms with Gasteiger partial charge in [0.25, 0.3) is 5.91 Å². The molecule has 0 aromatic heterocycles. The van der Waals surface area contributed by atoms with Crippen molar-refractivity contribution in [3.63, 3.8) is 0 Å². The number of hydrogen-bond donors (Lipinski definition) is 0. The lowest BCUT2D eigenvalue weighted by Gasteiger charge is -2.32. The fourth-order valence-corrected chi connectivity index (χ4v) is 3.55. The Bertz CT molecular complexity index is 723. The van der Waals surface area contributed by atoms with Crippen LogP contribution in [0.15, 0.2) is 42.2 Å². The Balaban J connectivity index is 1.55. The number of hydrogen-bond acceptors (Lipinski definition) is 4. The molecule has 2 aliphatic rings. The van der Waals surface area contributed by atoms with E-state index < -0.39 is 0 Å². The van der Waals surface area contributed by atoms with Crippen LogP contribution in [0.5, 0.6) is 0 Å². The number of likely N-dealkylation sites (tertiary alicyclic amines) is 1. The van der Waals surface area contributed by atoms with E-state index in [-0.39, 0.29) is 36.3 Å². The summed E-state index contributed by atoms with van der Waals surface area (Å²) in [5, 5.41) is 0. The lowest BCUT2D eigenvalue weighted by Crippen LogP contribution is -2.44. The summed E-state index contributed by atoms with van der Waals surface area (Å²) in [4.78, 5) is 28.3. The zero-order valence-electron chi connectivity index (χ0n) is 16.5. The number of rotatable bonds is 4. The summed E-state index contributed by atoms with van der Waals surface area (Å²) in [7, 11) is 0. The summed E-state index contributed by atoms with van der Waals surface area (Å²) < 4.78 is 11.3. The van der Waals surface area contributed by atoms with Crippen molar-refractivity contribution in [2.24, 2.45) is 0 Å². The molecule has 6 heteroatoms. The zero-order chi connectivity index (χ0) is 19.6. The molecule has 0 radical (unpaired) electrons. The molecule has 0 unspecified atom stereocenters. The maximum Gasteiger partial charge on any atom is 0.410 e. The monoisotopic (exact) mass is 372 g/mol. The Morgan fingerprint density at radius 1 is 1.22 bits per heavy atom. The summed E-state index contributed by atoms with van der Waals surface area (Å²) in [5.41, 5.74) is 0.609. The molecule has 0 spiro atoms. The van der Waals surface area contributed by atoms with Gasteiger partial charge in [0.05, 0.1) is 12.1 Å². The van der Waals surface area contributed by atoms with Gasteiger partial charge in [-0.3, -0.25) is 4.79 Å². The average molecular weight is 372 g/mol. The van der Waals surface area contributed by atoms with Crippen molar-refractivity contribution in [3.8, 4) is 0 Å². The van der Waals surface area contributed by atoms with E-state index in [2.05, 4.69) is 0 Å². The summed E-state index contributed by atoms with van der Waals surface area (Å²) in [6, 6.07) is 9.46. The van der Waals surface area contributed by atoms with Gasteiger partial charge in [-0.25, -0.2) is 4.79 Å². The molecule has 3 rings (SSSR count). The van der Waals surface area contributed by atoms with Gasteiger partial charge in [0.2, 0.25) is 0 Å². The molecule has 2 amide bonds. The maximum atomic E-state index is 12.5. The van der Waals surface area contributed by atoms with Gasteiger partial charge in [0.15, 0.2) is 0 Å². The fourth-order valence-electron chi connectivity index (χ4n) is 3.55. The van der Waals surface area contributed by atoms with Gasteiger partial charge < -0.3 is 19.3 Å². The molecule has 1 aromatic carbocycles. The second-order valence-corrected chi connectivity index (χ2v) is 8.11. The van der Waals surface area contributed by atoms with Gasteiger partial charge >= 0.3 is 6.09 Å². The second-order valence-electron chi connectivity index (χ2n) is 8.11. The predicted octanol–water partition coefficient (Wildman–Crippen LogP) is 3.33. The molecule has 0 N–H and O–H groups in total. The van der Waals surface area contributed by atoms with Crippen molar-refractivity contribution in [2.75, 3.05) is 13.1 Å². The molecule has 6 nitrogen and oxygen atoms in total. The van der Waals surface area contributed by atoms with Crippen LogP contribution in [0, 0.1) is 0 Å². The van der Waals surface area contributed by atoms with Crippen LogP contribution in [0.3, 0.4) is 0 Å². The number of nitrogens with zero attached hydrogens (tertiary/aromatic N) is 2. The highest BCUT2D eigenvalue weighted by Crippen LogP contribution is 2.30. The maximum absolute atomic E-state index is 12.5. The number of carbonyl (C=O) groups is 2. The van der Waals surface area contributed by atoms with Crippen LogP contribution in [0.4, 0.5) is 4.79 Å². The first-order chi connectivity index (χ1) is 12.7.